The van der Waals surface area contributed by atoms with Gasteiger partial charge in [-0.15, -0.1) is 0 Å². The molecule has 0 radical (unpaired) electrons. The van der Waals surface area contributed by atoms with Crippen molar-refractivity contribution >= 4 is 16.7 Å². The van der Waals surface area contributed by atoms with Crippen LogP contribution in [-0.2, 0) is 15.1 Å². The monoisotopic (exact) mass is 274 g/mol. The molecule has 4 heteroatoms. The number of ether oxygens (including phenoxy) is 2. The third-order valence-corrected chi connectivity index (χ3v) is 3.28. The van der Waals surface area contributed by atoms with Gasteiger partial charge in [-0.2, -0.15) is 0 Å². The first-order valence-electron chi connectivity index (χ1n) is 6.47. The zero-order valence-electron chi connectivity index (χ0n) is 11.8. The molecule has 106 valence electrons. The molecule has 1 N–H and O–H groups in total. The van der Waals surface area contributed by atoms with E-state index in [1.165, 1.54) is 6.92 Å². The lowest BCUT2D eigenvalue weighted by Crippen LogP contribution is -2.34. The number of benzene rings is 2. The molecule has 0 aliphatic rings. The van der Waals surface area contributed by atoms with Gasteiger partial charge in [0.15, 0.2) is 5.60 Å². The Kier molecular flexibility index (Phi) is 3.95. The summed E-state index contributed by atoms with van der Waals surface area (Å²) in [5, 5.41) is 12.2. The second-order valence-corrected chi connectivity index (χ2v) is 4.72. The summed E-state index contributed by atoms with van der Waals surface area (Å²) in [6, 6.07) is 11.0. The smallest absolute Gasteiger partial charge is 0.342 e. The first-order chi connectivity index (χ1) is 9.48. The van der Waals surface area contributed by atoms with Gasteiger partial charge in [0, 0.05) is 0 Å². The van der Waals surface area contributed by atoms with Crippen LogP contribution in [0, 0.1) is 0 Å². The second kappa shape index (κ2) is 5.51. The van der Waals surface area contributed by atoms with Crippen molar-refractivity contribution in [2.75, 3.05) is 13.7 Å². The Morgan fingerprint density at radius 1 is 1.20 bits per heavy atom. The maximum absolute atomic E-state index is 11.8. The molecular formula is C16H18O4. The first-order valence-corrected chi connectivity index (χ1v) is 6.47. The van der Waals surface area contributed by atoms with Gasteiger partial charge in [-0.05, 0) is 48.4 Å². The minimum absolute atomic E-state index is 0.236. The van der Waals surface area contributed by atoms with Crippen LogP contribution in [0.2, 0.25) is 0 Å². The van der Waals surface area contributed by atoms with Crippen LogP contribution in [0.5, 0.6) is 5.75 Å². The SMILES string of the molecule is CCOC(=O)C(C)(O)c1ccc2cc(OC)ccc2c1. The number of rotatable bonds is 4. The van der Waals surface area contributed by atoms with Crippen LogP contribution in [0.4, 0.5) is 0 Å². The summed E-state index contributed by atoms with van der Waals surface area (Å²) >= 11 is 0. The van der Waals surface area contributed by atoms with E-state index in [0.29, 0.717) is 5.56 Å². The Morgan fingerprint density at radius 3 is 2.50 bits per heavy atom. The fourth-order valence-electron chi connectivity index (χ4n) is 2.04. The largest absolute Gasteiger partial charge is 0.497 e. The zero-order chi connectivity index (χ0) is 14.8. The maximum atomic E-state index is 11.8. The predicted octanol–water partition coefficient (Wildman–Crippen LogP) is 2.62. The highest BCUT2D eigenvalue weighted by atomic mass is 16.5. The number of esters is 1. The number of hydrogen-bond donors (Lipinski definition) is 1. The minimum Gasteiger partial charge on any atom is -0.497 e. The summed E-state index contributed by atoms with van der Waals surface area (Å²) in [7, 11) is 1.61. The van der Waals surface area contributed by atoms with Crippen molar-refractivity contribution in [1.29, 1.82) is 0 Å². The number of aliphatic hydroxyl groups is 1. The van der Waals surface area contributed by atoms with Crippen molar-refractivity contribution in [3.8, 4) is 5.75 Å². The van der Waals surface area contributed by atoms with Crippen LogP contribution >= 0.6 is 0 Å². The Bertz CT molecular complexity index is 631. The zero-order valence-corrected chi connectivity index (χ0v) is 11.8. The summed E-state index contributed by atoms with van der Waals surface area (Å²) in [6.45, 7) is 3.39. The van der Waals surface area contributed by atoms with E-state index in [1.807, 2.05) is 24.3 Å². The molecule has 0 fully saturated rings. The number of methoxy groups -OCH3 is 1. The van der Waals surface area contributed by atoms with Gasteiger partial charge in [0.05, 0.1) is 13.7 Å². The van der Waals surface area contributed by atoms with Crippen molar-refractivity contribution in [2.45, 2.75) is 19.4 Å². The van der Waals surface area contributed by atoms with Crippen LogP contribution in [0.1, 0.15) is 19.4 Å². The molecule has 0 heterocycles. The molecule has 1 unspecified atom stereocenters. The highest BCUT2D eigenvalue weighted by Crippen LogP contribution is 2.28. The molecule has 2 aromatic carbocycles. The highest BCUT2D eigenvalue weighted by Gasteiger charge is 2.34. The Morgan fingerprint density at radius 2 is 1.85 bits per heavy atom. The molecule has 2 rings (SSSR count). The molecule has 0 saturated carbocycles. The fourth-order valence-corrected chi connectivity index (χ4v) is 2.04. The molecule has 0 aromatic heterocycles. The number of hydrogen-bond acceptors (Lipinski definition) is 4. The topological polar surface area (TPSA) is 55.8 Å². The van der Waals surface area contributed by atoms with E-state index in [2.05, 4.69) is 0 Å². The normalized spacial score (nSPS) is 13.8. The highest BCUT2D eigenvalue weighted by molar-refractivity contribution is 5.87. The minimum atomic E-state index is -1.65. The third kappa shape index (κ3) is 2.60. The number of carbonyl (C=O) groups excluding carboxylic acids is 1. The van der Waals surface area contributed by atoms with Crippen molar-refractivity contribution in [1.82, 2.24) is 0 Å². The van der Waals surface area contributed by atoms with E-state index in [0.717, 1.165) is 16.5 Å². The maximum Gasteiger partial charge on any atom is 0.342 e. The quantitative estimate of drug-likeness (QED) is 0.871. The van der Waals surface area contributed by atoms with E-state index in [4.69, 9.17) is 9.47 Å². The number of fused-ring (bicyclic) bond motifs is 1. The lowest BCUT2D eigenvalue weighted by atomic mass is 9.93. The van der Waals surface area contributed by atoms with E-state index >= 15 is 0 Å². The van der Waals surface area contributed by atoms with Crippen LogP contribution in [-0.4, -0.2) is 24.8 Å². The molecule has 4 nitrogen and oxygen atoms in total. The Labute approximate surface area is 117 Å². The molecule has 0 aliphatic carbocycles. The van der Waals surface area contributed by atoms with E-state index in [-0.39, 0.29) is 6.61 Å². The molecule has 0 aliphatic heterocycles. The molecule has 1 atom stereocenters. The van der Waals surface area contributed by atoms with Gasteiger partial charge in [0.2, 0.25) is 0 Å². The summed E-state index contributed by atoms with van der Waals surface area (Å²) < 4.78 is 10.1. The fraction of sp³-hybridized carbons (Fsp3) is 0.312. The second-order valence-electron chi connectivity index (χ2n) is 4.72. The van der Waals surface area contributed by atoms with Crippen molar-refractivity contribution < 1.29 is 19.4 Å². The first kappa shape index (κ1) is 14.3. The standard InChI is InChI=1S/C16H18O4/c1-4-20-15(17)16(2,18)13-7-5-12-10-14(19-3)8-6-11(12)9-13/h5-10,18H,4H2,1-3H3. The lowest BCUT2D eigenvalue weighted by molar-refractivity contribution is -0.164. The van der Waals surface area contributed by atoms with Crippen molar-refractivity contribution in [2.24, 2.45) is 0 Å². The van der Waals surface area contributed by atoms with Gasteiger partial charge in [-0.25, -0.2) is 4.79 Å². The average molecular weight is 274 g/mol. The van der Waals surface area contributed by atoms with Gasteiger partial charge >= 0.3 is 5.97 Å². The van der Waals surface area contributed by atoms with Crippen LogP contribution in [0.3, 0.4) is 0 Å². The van der Waals surface area contributed by atoms with Crippen LogP contribution in [0.25, 0.3) is 10.8 Å². The third-order valence-electron chi connectivity index (χ3n) is 3.28. The molecule has 0 amide bonds. The molecular weight excluding hydrogens is 256 g/mol. The molecule has 0 saturated heterocycles. The Balaban J connectivity index is 2.43. The number of carbonyl (C=O) groups is 1. The van der Waals surface area contributed by atoms with Gasteiger partial charge in [0.25, 0.3) is 0 Å². The van der Waals surface area contributed by atoms with E-state index < -0.39 is 11.6 Å². The average Bonchev–Trinajstić information content (AvgIpc) is 2.46. The summed E-state index contributed by atoms with van der Waals surface area (Å²) in [5.74, 6) is 0.121. The van der Waals surface area contributed by atoms with Crippen LogP contribution < -0.4 is 4.74 Å². The molecule has 0 spiro atoms. The van der Waals surface area contributed by atoms with Gasteiger partial charge < -0.3 is 14.6 Å². The summed E-state index contributed by atoms with van der Waals surface area (Å²) in [6.07, 6.45) is 0. The summed E-state index contributed by atoms with van der Waals surface area (Å²) in [4.78, 5) is 11.8. The molecule has 2 aromatic rings. The molecule has 20 heavy (non-hydrogen) atoms. The van der Waals surface area contributed by atoms with Gasteiger partial charge in [0.1, 0.15) is 5.75 Å². The van der Waals surface area contributed by atoms with Crippen molar-refractivity contribution in [3.05, 3.63) is 42.0 Å². The van der Waals surface area contributed by atoms with Gasteiger partial charge in [-0.3, -0.25) is 0 Å². The lowest BCUT2D eigenvalue weighted by Gasteiger charge is -2.21. The van der Waals surface area contributed by atoms with Gasteiger partial charge in [-0.1, -0.05) is 18.2 Å². The predicted molar refractivity (Wildman–Crippen MR) is 76.7 cm³/mol. The van der Waals surface area contributed by atoms with Crippen molar-refractivity contribution in [3.63, 3.8) is 0 Å². The van der Waals surface area contributed by atoms with E-state index in [1.54, 1.807) is 26.2 Å². The summed E-state index contributed by atoms with van der Waals surface area (Å²) in [5.41, 5.74) is -1.14. The Hall–Kier alpha value is -2.07. The van der Waals surface area contributed by atoms with E-state index in [9.17, 15) is 9.90 Å². The molecule has 0 bridgehead atoms. The van der Waals surface area contributed by atoms with Crippen LogP contribution in [0.15, 0.2) is 36.4 Å².